The van der Waals surface area contributed by atoms with Gasteiger partial charge in [-0.15, -0.1) is 0 Å². The molecule has 1 N–H and O–H groups in total. The van der Waals surface area contributed by atoms with Gasteiger partial charge in [0.1, 0.15) is 0 Å². The van der Waals surface area contributed by atoms with Crippen molar-refractivity contribution in [2.45, 2.75) is 25.7 Å². The lowest BCUT2D eigenvalue weighted by atomic mass is 10.1. The fourth-order valence-electron chi connectivity index (χ4n) is 2.66. The third-order valence-electron chi connectivity index (χ3n) is 4.09. The quantitative estimate of drug-likeness (QED) is 0.683. The fraction of sp³-hybridized carbons (Fsp3) is 0.300. The van der Waals surface area contributed by atoms with E-state index in [1.165, 1.54) is 23.1 Å². The van der Waals surface area contributed by atoms with Crippen LogP contribution >= 0.6 is 0 Å². The van der Waals surface area contributed by atoms with Gasteiger partial charge in [-0.25, -0.2) is 17.9 Å². The van der Waals surface area contributed by atoms with Crippen LogP contribution in [-0.4, -0.2) is 40.0 Å². The van der Waals surface area contributed by atoms with E-state index in [1.807, 2.05) is 25.1 Å². The summed E-state index contributed by atoms with van der Waals surface area (Å²) in [6.45, 7) is 5.38. The highest BCUT2D eigenvalue weighted by Crippen LogP contribution is 2.17. The SMILES string of the molecule is CCNS(=O)(=O)c1ccc(C)c(C(=O)OCC(=O)N(CC)c2ccccc2)c1. The second-order valence-electron chi connectivity index (χ2n) is 6.03. The molecule has 0 radical (unpaired) electrons. The summed E-state index contributed by atoms with van der Waals surface area (Å²) >= 11 is 0. The van der Waals surface area contributed by atoms with Crippen LogP contribution in [0, 0.1) is 6.92 Å². The van der Waals surface area contributed by atoms with Gasteiger partial charge in [-0.2, -0.15) is 0 Å². The second kappa shape index (κ2) is 9.48. The minimum Gasteiger partial charge on any atom is -0.452 e. The molecule has 0 unspecified atom stereocenters. The maximum Gasteiger partial charge on any atom is 0.338 e. The molecule has 2 aromatic rings. The zero-order valence-corrected chi connectivity index (χ0v) is 17.0. The third kappa shape index (κ3) is 5.17. The number of sulfonamides is 1. The topological polar surface area (TPSA) is 92.8 Å². The number of hydrogen-bond donors (Lipinski definition) is 1. The second-order valence-corrected chi connectivity index (χ2v) is 7.79. The third-order valence-corrected chi connectivity index (χ3v) is 5.63. The van der Waals surface area contributed by atoms with E-state index < -0.39 is 22.6 Å². The predicted octanol–water partition coefficient (Wildman–Crippen LogP) is 2.50. The van der Waals surface area contributed by atoms with E-state index in [2.05, 4.69) is 4.72 Å². The highest BCUT2D eigenvalue weighted by molar-refractivity contribution is 7.89. The minimum atomic E-state index is -3.70. The van der Waals surface area contributed by atoms with Crippen molar-refractivity contribution in [1.29, 1.82) is 0 Å². The van der Waals surface area contributed by atoms with Crippen molar-refractivity contribution in [3.8, 4) is 0 Å². The lowest BCUT2D eigenvalue weighted by Gasteiger charge is -2.21. The first-order chi connectivity index (χ1) is 13.3. The zero-order valence-electron chi connectivity index (χ0n) is 16.1. The number of para-hydroxylation sites is 1. The fourth-order valence-corrected chi connectivity index (χ4v) is 3.72. The van der Waals surface area contributed by atoms with E-state index in [-0.39, 0.29) is 22.9 Å². The summed E-state index contributed by atoms with van der Waals surface area (Å²) in [5.74, 6) is -1.11. The van der Waals surface area contributed by atoms with Crippen molar-refractivity contribution in [2.24, 2.45) is 0 Å². The summed E-state index contributed by atoms with van der Waals surface area (Å²) in [5, 5.41) is 0. The monoisotopic (exact) mass is 404 g/mol. The van der Waals surface area contributed by atoms with Crippen LogP contribution in [-0.2, 0) is 19.6 Å². The van der Waals surface area contributed by atoms with Crippen LogP contribution in [0.2, 0.25) is 0 Å². The summed E-state index contributed by atoms with van der Waals surface area (Å²) in [6, 6.07) is 13.3. The number of hydrogen-bond acceptors (Lipinski definition) is 5. The molecular weight excluding hydrogens is 380 g/mol. The molecule has 0 aliphatic rings. The number of carbonyl (C=O) groups is 2. The number of carbonyl (C=O) groups excluding carboxylic acids is 2. The molecule has 0 saturated carbocycles. The van der Waals surface area contributed by atoms with Gasteiger partial charge in [-0.05, 0) is 43.7 Å². The molecule has 0 aliphatic carbocycles. The number of ether oxygens (including phenoxy) is 1. The molecule has 0 atom stereocenters. The van der Waals surface area contributed by atoms with Gasteiger partial charge in [0.15, 0.2) is 6.61 Å². The Morgan fingerprint density at radius 1 is 1.07 bits per heavy atom. The maximum atomic E-state index is 12.4. The van der Waals surface area contributed by atoms with Crippen LogP contribution in [0.15, 0.2) is 53.4 Å². The van der Waals surface area contributed by atoms with Crippen molar-refractivity contribution in [2.75, 3.05) is 24.6 Å². The summed E-state index contributed by atoms with van der Waals surface area (Å²) in [5.41, 5.74) is 1.37. The summed E-state index contributed by atoms with van der Waals surface area (Å²) < 4.78 is 31.8. The molecule has 28 heavy (non-hydrogen) atoms. The van der Waals surface area contributed by atoms with Gasteiger partial charge < -0.3 is 9.64 Å². The Kier molecular flexibility index (Phi) is 7.31. The molecule has 0 heterocycles. The van der Waals surface area contributed by atoms with Crippen LogP contribution in [0.25, 0.3) is 0 Å². The number of benzene rings is 2. The van der Waals surface area contributed by atoms with Crippen LogP contribution in [0.4, 0.5) is 5.69 Å². The molecule has 0 aliphatic heterocycles. The number of rotatable bonds is 8. The van der Waals surface area contributed by atoms with Gasteiger partial charge in [0.2, 0.25) is 10.0 Å². The molecule has 2 aromatic carbocycles. The number of anilines is 1. The molecule has 0 aromatic heterocycles. The Balaban J connectivity index is 2.13. The lowest BCUT2D eigenvalue weighted by Crippen LogP contribution is -2.34. The van der Waals surface area contributed by atoms with Crippen LogP contribution in [0.5, 0.6) is 0 Å². The van der Waals surface area contributed by atoms with Gasteiger partial charge >= 0.3 is 5.97 Å². The highest BCUT2D eigenvalue weighted by Gasteiger charge is 2.20. The van der Waals surface area contributed by atoms with Crippen LogP contribution < -0.4 is 9.62 Å². The normalized spacial score (nSPS) is 11.1. The van der Waals surface area contributed by atoms with Crippen molar-refractivity contribution >= 4 is 27.6 Å². The Morgan fingerprint density at radius 2 is 1.75 bits per heavy atom. The number of likely N-dealkylation sites (N-methyl/N-ethyl adjacent to an activating group) is 1. The maximum absolute atomic E-state index is 12.4. The smallest absolute Gasteiger partial charge is 0.338 e. The standard InChI is InChI=1S/C20H24N2O5S/c1-4-21-28(25,26)17-12-11-15(3)18(13-17)20(24)27-14-19(23)22(5-2)16-9-7-6-8-10-16/h6-13,21H,4-5,14H2,1-3H3. The van der Waals surface area contributed by atoms with Crippen molar-refractivity contribution < 1.29 is 22.7 Å². The first kappa shape index (κ1) is 21.6. The Morgan fingerprint density at radius 3 is 2.36 bits per heavy atom. The van der Waals surface area contributed by atoms with Gasteiger partial charge in [-0.1, -0.05) is 31.2 Å². The van der Waals surface area contributed by atoms with Gasteiger partial charge in [0.05, 0.1) is 10.5 Å². The molecule has 2 rings (SSSR count). The molecule has 0 spiro atoms. The van der Waals surface area contributed by atoms with Crippen LogP contribution in [0.3, 0.4) is 0 Å². The van der Waals surface area contributed by atoms with E-state index >= 15 is 0 Å². The molecular formula is C20H24N2O5S. The molecule has 0 bridgehead atoms. The molecule has 8 heteroatoms. The summed E-state index contributed by atoms with van der Waals surface area (Å²) in [7, 11) is -3.70. The molecule has 0 fully saturated rings. The molecule has 7 nitrogen and oxygen atoms in total. The number of aryl methyl sites for hydroxylation is 1. The zero-order chi connectivity index (χ0) is 20.7. The van der Waals surface area contributed by atoms with E-state index in [0.29, 0.717) is 17.8 Å². The number of nitrogens with one attached hydrogen (secondary N) is 1. The summed E-state index contributed by atoms with van der Waals surface area (Å²) in [6.07, 6.45) is 0. The molecule has 150 valence electrons. The average molecular weight is 404 g/mol. The van der Waals surface area contributed by atoms with Gasteiger partial charge in [0.25, 0.3) is 5.91 Å². The van der Waals surface area contributed by atoms with Crippen LogP contribution in [0.1, 0.15) is 29.8 Å². The lowest BCUT2D eigenvalue weighted by molar-refractivity contribution is -0.121. The average Bonchev–Trinajstić information content (AvgIpc) is 2.67. The van der Waals surface area contributed by atoms with E-state index in [1.54, 1.807) is 26.0 Å². The molecule has 1 amide bonds. The Bertz CT molecular complexity index is 942. The largest absolute Gasteiger partial charge is 0.452 e. The number of amides is 1. The number of nitrogens with zero attached hydrogens (tertiary/aromatic N) is 1. The van der Waals surface area contributed by atoms with Crippen molar-refractivity contribution in [3.63, 3.8) is 0 Å². The van der Waals surface area contributed by atoms with E-state index in [4.69, 9.17) is 4.74 Å². The Hall–Kier alpha value is -2.71. The predicted molar refractivity (Wildman–Crippen MR) is 107 cm³/mol. The first-order valence-electron chi connectivity index (χ1n) is 8.93. The highest BCUT2D eigenvalue weighted by atomic mass is 32.2. The first-order valence-corrected chi connectivity index (χ1v) is 10.4. The molecule has 0 saturated heterocycles. The van der Waals surface area contributed by atoms with E-state index in [0.717, 1.165) is 0 Å². The van der Waals surface area contributed by atoms with Gasteiger partial charge in [-0.3, -0.25) is 4.79 Å². The van der Waals surface area contributed by atoms with E-state index in [9.17, 15) is 18.0 Å². The van der Waals surface area contributed by atoms with Crippen molar-refractivity contribution in [1.82, 2.24) is 4.72 Å². The minimum absolute atomic E-state index is 0.0299. The summed E-state index contributed by atoms with van der Waals surface area (Å²) in [4.78, 5) is 26.4. The van der Waals surface area contributed by atoms with Gasteiger partial charge in [0, 0.05) is 18.8 Å². The Labute approximate surface area is 165 Å². The van der Waals surface area contributed by atoms with Crippen molar-refractivity contribution in [3.05, 3.63) is 59.7 Å². The number of esters is 1.